The van der Waals surface area contributed by atoms with Crippen LogP contribution >= 0.6 is 0 Å². The molecule has 0 saturated heterocycles. The molecule has 0 aliphatic heterocycles. The fourth-order valence-corrected chi connectivity index (χ4v) is 11.6. The zero-order valence-corrected chi connectivity index (χ0v) is 47.3. The van der Waals surface area contributed by atoms with Crippen molar-refractivity contribution in [2.45, 2.75) is 90.9 Å². The van der Waals surface area contributed by atoms with Crippen LogP contribution in [0.3, 0.4) is 0 Å². The number of pyridine rings is 2. The van der Waals surface area contributed by atoms with Crippen LogP contribution in [0.2, 0.25) is 0 Å². The summed E-state index contributed by atoms with van der Waals surface area (Å²) in [6.07, 6.45) is 17.3. The van der Waals surface area contributed by atoms with E-state index < -0.39 is 13.7 Å². The van der Waals surface area contributed by atoms with Gasteiger partial charge in [0.15, 0.2) is 0 Å². The van der Waals surface area contributed by atoms with E-state index in [1.165, 1.54) is 51.4 Å². The number of fused-ring (bicyclic) bond motifs is 1. The third-order valence-corrected chi connectivity index (χ3v) is 15.4. The fourth-order valence-electron chi connectivity index (χ4n) is 11.6. The number of unbranched alkanes of at least 4 members (excludes halogenated alkanes) is 10. The number of rotatable bonds is 26. The van der Waals surface area contributed by atoms with Crippen molar-refractivity contribution in [3.05, 3.63) is 241 Å². The largest absolute Gasteiger partial charge is 0.494 e. The first-order valence-electron chi connectivity index (χ1n) is 29.5. The molecule has 0 atom stereocenters. The zero-order chi connectivity index (χ0) is 56.3. The maximum Gasteiger partial charge on any atom is 0.328 e. The van der Waals surface area contributed by atoms with Crippen LogP contribution in [0.15, 0.2) is 219 Å². The zero-order valence-electron chi connectivity index (χ0n) is 47.3. The summed E-state index contributed by atoms with van der Waals surface area (Å²) in [6, 6.07) is 75.9. The van der Waals surface area contributed by atoms with Crippen LogP contribution in [0.1, 0.15) is 102 Å². The molecular formula is C72H70B2N6O2. The van der Waals surface area contributed by atoms with Gasteiger partial charge in [-0.15, -0.1) is 0 Å². The maximum atomic E-state index is 12.2. The second-order valence-corrected chi connectivity index (χ2v) is 21.0. The van der Waals surface area contributed by atoms with Crippen molar-refractivity contribution in [2.24, 2.45) is 0 Å². The van der Waals surface area contributed by atoms with Gasteiger partial charge in [0, 0.05) is 45.7 Å². The van der Waals surface area contributed by atoms with Crippen LogP contribution in [-0.4, -0.2) is 45.8 Å². The molecule has 4 heterocycles. The normalized spacial score (nSPS) is 11.9. The molecule has 0 spiro atoms. The SMILES string of the molecule is CCCCCCCCOc1cccc(-c2c3/c(=C(\C#N)c4ccccn4)n(B(c4ccccc4)c4ccccc4)c(-c4cccc(OCCCCCCCC)c4)c3/c(=C(\C#N)c3ccccn3)n2B(c2ccccc2)c2ccccc2)c1. The molecule has 0 fully saturated rings. The average molecular weight is 1070 g/mol. The van der Waals surface area contributed by atoms with Gasteiger partial charge < -0.3 is 18.4 Å². The third kappa shape index (κ3) is 12.7. The first-order chi connectivity index (χ1) is 40.6. The first kappa shape index (κ1) is 56.2. The summed E-state index contributed by atoms with van der Waals surface area (Å²) in [5, 5.41) is 27.2. The van der Waals surface area contributed by atoms with Gasteiger partial charge in [0.1, 0.15) is 34.8 Å². The molecule has 0 aliphatic rings. The summed E-state index contributed by atoms with van der Waals surface area (Å²) >= 11 is 0. The van der Waals surface area contributed by atoms with Crippen molar-refractivity contribution in [1.82, 2.24) is 18.9 Å². The van der Waals surface area contributed by atoms with Gasteiger partial charge in [0.2, 0.25) is 0 Å². The van der Waals surface area contributed by atoms with Gasteiger partial charge in [-0.1, -0.05) is 258 Å². The summed E-state index contributed by atoms with van der Waals surface area (Å²) in [4.78, 5) is 9.99. The Kier molecular flexibility index (Phi) is 19.4. The van der Waals surface area contributed by atoms with Gasteiger partial charge in [-0.25, -0.2) is 0 Å². The summed E-state index contributed by atoms with van der Waals surface area (Å²) in [5.41, 5.74) is 9.08. The Hall–Kier alpha value is -9.11. The Morgan fingerprint density at radius 2 is 0.744 bits per heavy atom. The van der Waals surface area contributed by atoms with Gasteiger partial charge >= 0.3 is 13.7 Å². The predicted molar refractivity (Wildman–Crippen MR) is 339 cm³/mol. The lowest BCUT2D eigenvalue weighted by Crippen LogP contribution is -2.54. The number of ether oxygens (including phenoxy) is 2. The van der Waals surface area contributed by atoms with Crippen LogP contribution in [0.4, 0.5) is 0 Å². The Balaban J connectivity index is 1.44. The minimum absolute atomic E-state index is 0.372. The van der Waals surface area contributed by atoms with E-state index in [1.54, 1.807) is 12.4 Å². The molecule has 10 rings (SSSR count). The lowest BCUT2D eigenvalue weighted by atomic mass is 9.50. The molecule has 10 heteroatoms. The molecule has 0 saturated carbocycles. The molecule has 0 N–H and O–H groups in total. The molecule has 0 unspecified atom stereocenters. The average Bonchev–Trinajstić information content (AvgIpc) is 1.92. The van der Waals surface area contributed by atoms with E-state index in [2.05, 4.69) is 168 Å². The van der Waals surface area contributed by atoms with E-state index in [1.807, 2.05) is 72.8 Å². The number of aromatic nitrogens is 4. The van der Waals surface area contributed by atoms with Gasteiger partial charge in [0.25, 0.3) is 0 Å². The molecule has 406 valence electrons. The van der Waals surface area contributed by atoms with Crippen molar-refractivity contribution < 1.29 is 9.47 Å². The molecule has 6 aromatic carbocycles. The van der Waals surface area contributed by atoms with Crippen molar-refractivity contribution in [2.75, 3.05) is 13.2 Å². The topological polar surface area (TPSA) is 102 Å². The molecule has 8 nitrogen and oxygen atoms in total. The van der Waals surface area contributed by atoms with Gasteiger partial charge in [0.05, 0.1) is 35.3 Å². The van der Waals surface area contributed by atoms with E-state index in [-0.39, 0.29) is 0 Å². The van der Waals surface area contributed by atoms with Gasteiger partial charge in [-0.2, -0.15) is 10.5 Å². The second kappa shape index (κ2) is 28.3. The highest BCUT2D eigenvalue weighted by Gasteiger charge is 2.37. The van der Waals surface area contributed by atoms with Crippen LogP contribution in [-0.2, 0) is 0 Å². The number of hydrogen-bond acceptors (Lipinski definition) is 6. The van der Waals surface area contributed by atoms with E-state index in [4.69, 9.17) is 19.4 Å². The van der Waals surface area contributed by atoms with E-state index in [0.717, 1.165) is 92.3 Å². The van der Waals surface area contributed by atoms with Gasteiger partial charge in [-0.05, 0) is 61.4 Å². The maximum absolute atomic E-state index is 12.2. The number of nitrogens with zero attached hydrogens (tertiary/aromatic N) is 6. The molecule has 4 aromatic heterocycles. The predicted octanol–water partition coefficient (Wildman–Crippen LogP) is 12.8. The summed E-state index contributed by atoms with van der Waals surface area (Å²) in [6.45, 7) is 4.61. The molecule has 0 radical (unpaired) electrons. The smallest absolute Gasteiger partial charge is 0.328 e. The molecule has 0 amide bonds. The number of benzene rings is 6. The van der Waals surface area contributed by atoms with Crippen LogP contribution in [0.5, 0.6) is 11.5 Å². The summed E-state index contributed by atoms with van der Waals surface area (Å²) in [7, 11) is 0. The Labute approximate surface area is 484 Å². The van der Waals surface area contributed by atoms with E-state index in [9.17, 15) is 10.5 Å². The van der Waals surface area contributed by atoms with E-state index >= 15 is 0 Å². The number of hydrogen-bond donors (Lipinski definition) is 0. The lowest BCUT2D eigenvalue weighted by Gasteiger charge is -2.24. The molecular weight excluding hydrogens is 1000 g/mol. The summed E-state index contributed by atoms with van der Waals surface area (Å²) in [5.74, 6) is 1.46. The van der Waals surface area contributed by atoms with Crippen LogP contribution < -0.4 is 42.0 Å². The van der Waals surface area contributed by atoms with Crippen LogP contribution in [0, 0.1) is 22.7 Å². The standard InChI is InChI=1S/C72H70B2N6O2/c1-3-5-7-9-11-29-49-81-61-43-31-33-55(51-61)69-67-68(72(64(54-76)66-46-26-28-48-78-66)79(69)73(57-35-17-13-18-36-57)58-37-19-14-20-38-58)70(56-34-32-44-62(52-56)82-50-30-12-10-8-6-4-2)80(71(67)63(53-75)65-45-25-27-47-77-65)74(59-39-21-15-22-40-59)60-41-23-16-24-42-60/h13-28,31-48,51-52H,3-12,29-30,49-50H2,1-2H3/b71-63-,72-64-. The minimum atomic E-state index is -0.514. The molecule has 10 aromatic rings. The first-order valence-corrected chi connectivity index (χ1v) is 29.5. The van der Waals surface area contributed by atoms with Crippen molar-refractivity contribution in [3.63, 3.8) is 0 Å². The van der Waals surface area contributed by atoms with Crippen molar-refractivity contribution >= 4 is 57.5 Å². The molecule has 0 aliphatic carbocycles. The van der Waals surface area contributed by atoms with Crippen molar-refractivity contribution in [1.29, 1.82) is 10.5 Å². The highest BCUT2D eigenvalue weighted by atomic mass is 16.5. The highest BCUT2D eigenvalue weighted by Crippen LogP contribution is 2.38. The lowest BCUT2D eigenvalue weighted by molar-refractivity contribution is 0.304. The monoisotopic (exact) mass is 1070 g/mol. The third-order valence-electron chi connectivity index (χ3n) is 15.4. The minimum Gasteiger partial charge on any atom is -0.494 e. The van der Waals surface area contributed by atoms with Crippen LogP contribution in [0.25, 0.3) is 44.4 Å². The Bertz CT molecular complexity index is 3540. The fraction of sp³-hybridized carbons (Fsp3) is 0.222. The second-order valence-electron chi connectivity index (χ2n) is 21.0. The van der Waals surface area contributed by atoms with Crippen molar-refractivity contribution in [3.8, 4) is 46.2 Å². The Morgan fingerprint density at radius 3 is 1.07 bits per heavy atom. The Morgan fingerprint density at radius 1 is 0.402 bits per heavy atom. The summed E-state index contributed by atoms with van der Waals surface area (Å²) < 4.78 is 18.2. The molecule has 0 bridgehead atoms. The quantitative estimate of drug-likeness (QED) is 0.0395. The number of nitriles is 2. The highest BCUT2D eigenvalue weighted by molar-refractivity contribution is 6.85. The van der Waals surface area contributed by atoms with E-state index in [0.29, 0.717) is 46.4 Å². The van der Waals surface area contributed by atoms with Gasteiger partial charge in [-0.3, -0.25) is 9.97 Å². The molecule has 82 heavy (non-hydrogen) atoms.